The summed E-state index contributed by atoms with van der Waals surface area (Å²) in [4.78, 5) is 17.0. The Hall–Kier alpha value is -1.55. The first kappa shape index (κ1) is 15.3. The van der Waals surface area contributed by atoms with Gasteiger partial charge in [0, 0.05) is 13.6 Å². The van der Waals surface area contributed by atoms with E-state index >= 15 is 0 Å². The lowest BCUT2D eigenvalue weighted by molar-refractivity contribution is -0.131. The molecule has 0 aromatic heterocycles. The number of amides is 1. The van der Waals surface area contributed by atoms with Crippen LogP contribution >= 0.6 is 0 Å². The smallest absolute Gasteiger partial charge is 0.227 e. The molecule has 0 saturated carbocycles. The van der Waals surface area contributed by atoms with Crippen molar-refractivity contribution in [2.45, 2.75) is 31.7 Å². The first-order chi connectivity index (χ1) is 10.7. The lowest BCUT2D eigenvalue weighted by Crippen LogP contribution is -2.36. The molecule has 0 N–H and O–H groups in total. The van der Waals surface area contributed by atoms with Gasteiger partial charge in [0.1, 0.15) is 5.75 Å². The SMILES string of the molecule is COc1cccc([C@@H]2C[C@H](CN3CCCCC3)C(=O)N2C)c1. The molecule has 0 radical (unpaired) electrons. The van der Waals surface area contributed by atoms with Crippen molar-refractivity contribution in [1.82, 2.24) is 9.80 Å². The fourth-order valence-corrected chi connectivity index (χ4v) is 3.78. The van der Waals surface area contributed by atoms with E-state index in [0.29, 0.717) is 5.91 Å². The van der Waals surface area contributed by atoms with Crippen LogP contribution in [0.5, 0.6) is 5.75 Å². The molecule has 2 heterocycles. The molecule has 2 atom stereocenters. The molecule has 22 heavy (non-hydrogen) atoms. The largest absolute Gasteiger partial charge is 0.497 e. The van der Waals surface area contributed by atoms with Crippen LogP contribution in [0.15, 0.2) is 24.3 Å². The van der Waals surface area contributed by atoms with Crippen molar-refractivity contribution in [3.05, 3.63) is 29.8 Å². The van der Waals surface area contributed by atoms with Crippen molar-refractivity contribution in [1.29, 1.82) is 0 Å². The lowest BCUT2D eigenvalue weighted by Gasteiger charge is -2.28. The summed E-state index contributed by atoms with van der Waals surface area (Å²) in [6.07, 6.45) is 4.80. The van der Waals surface area contributed by atoms with Crippen LogP contribution in [0, 0.1) is 5.92 Å². The molecule has 120 valence electrons. The Labute approximate surface area is 133 Å². The highest BCUT2D eigenvalue weighted by molar-refractivity contribution is 5.81. The van der Waals surface area contributed by atoms with Crippen molar-refractivity contribution < 1.29 is 9.53 Å². The summed E-state index contributed by atoms with van der Waals surface area (Å²) < 4.78 is 5.31. The molecule has 2 fully saturated rings. The maximum atomic E-state index is 12.6. The Bertz CT molecular complexity index is 526. The third-order valence-electron chi connectivity index (χ3n) is 5.08. The molecule has 3 rings (SSSR count). The van der Waals surface area contributed by atoms with E-state index in [1.165, 1.54) is 24.8 Å². The number of likely N-dealkylation sites (tertiary alicyclic amines) is 2. The minimum absolute atomic E-state index is 0.138. The van der Waals surface area contributed by atoms with E-state index < -0.39 is 0 Å². The number of benzene rings is 1. The lowest BCUT2D eigenvalue weighted by atomic mass is 9.98. The molecular formula is C18H26N2O2. The zero-order chi connectivity index (χ0) is 15.5. The zero-order valence-electron chi connectivity index (χ0n) is 13.6. The van der Waals surface area contributed by atoms with E-state index in [-0.39, 0.29) is 12.0 Å². The quantitative estimate of drug-likeness (QED) is 0.857. The van der Waals surface area contributed by atoms with Crippen LogP contribution in [0.1, 0.15) is 37.3 Å². The third kappa shape index (κ3) is 3.12. The van der Waals surface area contributed by atoms with Crippen LogP contribution in [0.25, 0.3) is 0 Å². The van der Waals surface area contributed by atoms with Crippen LogP contribution in [-0.4, -0.2) is 49.5 Å². The van der Waals surface area contributed by atoms with Gasteiger partial charge in [-0.3, -0.25) is 4.79 Å². The van der Waals surface area contributed by atoms with Gasteiger partial charge in [0.2, 0.25) is 5.91 Å². The molecule has 2 saturated heterocycles. The maximum Gasteiger partial charge on any atom is 0.227 e. The van der Waals surface area contributed by atoms with Crippen LogP contribution in [0.2, 0.25) is 0 Å². The van der Waals surface area contributed by atoms with Gasteiger partial charge in [-0.15, -0.1) is 0 Å². The number of methoxy groups -OCH3 is 1. The molecule has 1 aromatic carbocycles. The normalized spacial score (nSPS) is 26.5. The number of carbonyl (C=O) groups is 1. The molecule has 1 amide bonds. The van der Waals surface area contributed by atoms with Crippen LogP contribution in [-0.2, 0) is 4.79 Å². The number of carbonyl (C=O) groups excluding carboxylic acids is 1. The van der Waals surface area contributed by atoms with Crippen LogP contribution in [0.3, 0.4) is 0 Å². The molecule has 4 nitrogen and oxygen atoms in total. The van der Waals surface area contributed by atoms with Gasteiger partial charge in [-0.2, -0.15) is 0 Å². The summed E-state index contributed by atoms with van der Waals surface area (Å²) in [5.74, 6) is 1.29. The Morgan fingerprint density at radius 1 is 1.23 bits per heavy atom. The average Bonchev–Trinajstić information content (AvgIpc) is 2.84. The van der Waals surface area contributed by atoms with Gasteiger partial charge in [-0.1, -0.05) is 18.6 Å². The van der Waals surface area contributed by atoms with E-state index in [2.05, 4.69) is 17.0 Å². The second-order valence-corrected chi connectivity index (χ2v) is 6.54. The van der Waals surface area contributed by atoms with Crippen molar-refractivity contribution in [2.75, 3.05) is 33.8 Å². The number of piperidine rings is 1. The highest BCUT2D eigenvalue weighted by Crippen LogP contribution is 2.36. The van der Waals surface area contributed by atoms with E-state index in [1.54, 1.807) is 7.11 Å². The summed E-state index contributed by atoms with van der Waals surface area (Å²) in [5, 5.41) is 0. The monoisotopic (exact) mass is 302 g/mol. The number of ether oxygens (including phenoxy) is 1. The van der Waals surface area contributed by atoms with Gasteiger partial charge in [0.25, 0.3) is 0 Å². The number of nitrogens with zero attached hydrogens (tertiary/aromatic N) is 2. The van der Waals surface area contributed by atoms with Crippen molar-refractivity contribution in [3.63, 3.8) is 0 Å². The fraction of sp³-hybridized carbons (Fsp3) is 0.611. The number of rotatable bonds is 4. The second-order valence-electron chi connectivity index (χ2n) is 6.54. The van der Waals surface area contributed by atoms with E-state index in [4.69, 9.17) is 4.74 Å². The third-order valence-corrected chi connectivity index (χ3v) is 5.08. The number of hydrogen-bond acceptors (Lipinski definition) is 3. The summed E-state index contributed by atoms with van der Waals surface area (Å²) in [6.45, 7) is 3.22. The Morgan fingerprint density at radius 2 is 2.00 bits per heavy atom. The minimum atomic E-state index is 0.138. The van der Waals surface area contributed by atoms with Crippen molar-refractivity contribution >= 4 is 5.91 Å². The summed E-state index contributed by atoms with van der Waals surface area (Å²) in [7, 11) is 3.62. The topological polar surface area (TPSA) is 32.8 Å². The molecule has 1 aromatic rings. The fourth-order valence-electron chi connectivity index (χ4n) is 3.78. The number of hydrogen-bond donors (Lipinski definition) is 0. The molecule has 2 aliphatic heterocycles. The van der Waals surface area contributed by atoms with Crippen molar-refractivity contribution in [3.8, 4) is 5.75 Å². The Kier molecular flexibility index (Phi) is 4.67. The summed E-state index contributed by atoms with van der Waals surface area (Å²) >= 11 is 0. The highest BCUT2D eigenvalue weighted by atomic mass is 16.5. The molecule has 2 aliphatic rings. The molecule has 0 aliphatic carbocycles. The summed E-state index contributed by atoms with van der Waals surface area (Å²) in [5.41, 5.74) is 1.18. The van der Waals surface area contributed by atoms with E-state index in [1.807, 2.05) is 24.1 Å². The van der Waals surface area contributed by atoms with E-state index in [9.17, 15) is 4.79 Å². The van der Waals surface area contributed by atoms with Gasteiger partial charge in [-0.25, -0.2) is 0 Å². The average molecular weight is 302 g/mol. The first-order valence-corrected chi connectivity index (χ1v) is 8.32. The predicted molar refractivity (Wildman–Crippen MR) is 86.9 cm³/mol. The molecular weight excluding hydrogens is 276 g/mol. The zero-order valence-corrected chi connectivity index (χ0v) is 13.6. The molecule has 0 bridgehead atoms. The Morgan fingerprint density at radius 3 is 2.73 bits per heavy atom. The summed E-state index contributed by atoms with van der Waals surface area (Å²) in [6, 6.07) is 8.28. The van der Waals surface area contributed by atoms with Gasteiger partial charge in [-0.05, 0) is 50.0 Å². The standard InChI is InChI=1S/C18H26N2O2/c1-19-17(14-7-6-8-16(11-14)22-2)12-15(18(19)21)13-20-9-4-3-5-10-20/h6-8,11,15,17H,3-5,9-10,12-13H2,1-2H3/t15-,17+/m1/s1. The van der Waals surface area contributed by atoms with Gasteiger partial charge >= 0.3 is 0 Å². The second kappa shape index (κ2) is 6.69. The molecule has 0 unspecified atom stereocenters. The maximum absolute atomic E-state index is 12.6. The highest BCUT2D eigenvalue weighted by Gasteiger charge is 2.38. The molecule has 0 spiro atoms. The van der Waals surface area contributed by atoms with Crippen LogP contribution in [0.4, 0.5) is 0 Å². The van der Waals surface area contributed by atoms with Gasteiger partial charge < -0.3 is 14.5 Å². The van der Waals surface area contributed by atoms with E-state index in [0.717, 1.165) is 31.8 Å². The predicted octanol–water partition coefficient (Wildman–Crippen LogP) is 2.70. The van der Waals surface area contributed by atoms with Crippen molar-refractivity contribution in [2.24, 2.45) is 5.92 Å². The van der Waals surface area contributed by atoms with Gasteiger partial charge in [0.05, 0.1) is 19.1 Å². The minimum Gasteiger partial charge on any atom is -0.497 e. The first-order valence-electron chi connectivity index (χ1n) is 8.32. The van der Waals surface area contributed by atoms with Crippen LogP contribution < -0.4 is 4.74 Å². The van der Waals surface area contributed by atoms with Gasteiger partial charge in [0.15, 0.2) is 0 Å². The molecule has 4 heteroatoms. The Balaban J connectivity index is 1.70.